The molecule has 0 rings (SSSR count). The zero-order chi connectivity index (χ0) is 14.9. The van der Waals surface area contributed by atoms with Gasteiger partial charge in [-0.25, -0.2) is 0 Å². The lowest BCUT2D eigenvalue weighted by Gasteiger charge is -2.10. The van der Waals surface area contributed by atoms with Gasteiger partial charge in [-0.05, 0) is 25.0 Å². The smallest absolute Gasteiger partial charge is 0.00168 e. The average molecular weight is 319 g/mol. The molecule has 1 atom stereocenters. The first-order chi connectivity index (χ1) is 9.81. The molecule has 0 radical (unpaired) electrons. The minimum absolute atomic E-state index is 0.649. The lowest BCUT2D eigenvalue weighted by molar-refractivity contribution is 0.538. The largest absolute Gasteiger partial charge is 0.179 e. The van der Waals surface area contributed by atoms with Gasteiger partial charge in [0.1, 0.15) is 0 Å². The molecule has 0 saturated carbocycles. The van der Waals surface area contributed by atoms with Gasteiger partial charge in [0.2, 0.25) is 0 Å². The molecule has 0 heterocycles. The van der Waals surface area contributed by atoms with E-state index in [9.17, 15) is 0 Å². The van der Waals surface area contributed by atoms with Crippen LogP contribution in [0.3, 0.4) is 0 Å². The fraction of sp³-hybridized carbons (Fsp3) is 1.00. The monoisotopic (exact) mass is 318 g/mol. The summed E-state index contributed by atoms with van der Waals surface area (Å²) < 4.78 is 0. The molecule has 0 saturated heterocycles. The van der Waals surface area contributed by atoms with E-state index in [-0.39, 0.29) is 0 Å². The van der Waals surface area contributed by atoms with E-state index in [0.29, 0.717) is 5.25 Å². The predicted octanol–water partition coefficient (Wildman–Crippen LogP) is 7.09. The van der Waals surface area contributed by atoms with Crippen LogP contribution in [-0.2, 0) is 0 Å². The molecule has 0 aliphatic rings. The molecule has 0 amide bonds. The van der Waals surface area contributed by atoms with Gasteiger partial charge in [-0.3, -0.25) is 0 Å². The van der Waals surface area contributed by atoms with Gasteiger partial charge in [0.25, 0.3) is 0 Å². The molecule has 20 heavy (non-hydrogen) atoms. The Morgan fingerprint density at radius 1 is 0.600 bits per heavy atom. The Bertz CT molecular complexity index is 171. The summed E-state index contributed by atoms with van der Waals surface area (Å²) in [5.74, 6) is 1.04. The predicted molar refractivity (Wildman–Crippen MR) is 102 cm³/mol. The van der Waals surface area contributed by atoms with Crippen LogP contribution in [0.5, 0.6) is 0 Å². The van der Waals surface area contributed by atoms with Gasteiger partial charge >= 0.3 is 0 Å². The first-order valence-corrected chi connectivity index (χ1v) is 10.2. The van der Waals surface area contributed by atoms with E-state index in [4.69, 9.17) is 12.6 Å². The van der Waals surface area contributed by atoms with Crippen molar-refractivity contribution in [1.29, 1.82) is 0 Å². The molecule has 0 nitrogen and oxygen atoms in total. The van der Waals surface area contributed by atoms with Gasteiger partial charge in [-0.2, -0.15) is 25.3 Å². The molecule has 2 heteroatoms. The van der Waals surface area contributed by atoms with Gasteiger partial charge in [0, 0.05) is 5.25 Å². The summed E-state index contributed by atoms with van der Waals surface area (Å²) in [4.78, 5) is 0. The molecule has 0 aromatic carbocycles. The highest BCUT2D eigenvalue weighted by Crippen LogP contribution is 2.17. The second kappa shape index (κ2) is 17.8. The number of hydrogen-bond acceptors (Lipinski definition) is 2. The lowest BCUT2D eigenvalue weighted by atomic mass is 10.0. The van der Waals surface area contributed by atoms with Gasteiger partial charge in [0.15, 0.2) is 0 Å². The van der Waals surface area contributed by atoms with E-state index in [1.54, 1.807) is 0 Å². The number of rotatable bonds is 16. The standard InChI is InChI=1S/C18H38S2/c1-2-3-4-5-6-7-8-9-12-15-18(20)16-13-10-11-14-17-19/h18-20H,2-17H2,1H3. The molecule has 0 aliphatic heterocycles. The van der Waals surface area contributed by atoms with Crippen molar-refractivity contribution in [2.24, 2.45) is 0 Å². The highest BCUT2D eigenvalue weighted by Gasteiger charge is 2.02. The minimum atomic E-state index is 0.649. The fourth-order valence-electron chi connectivity index (χ4n) is 2.68. The molecule has 0 N–H and O–H groups in total. The number of unbranched alkanes of at least 4 members (excludes halogenated alkanes) is 11. The van der Waals surface area contributed by atoms with E-state index >= 15 is 0 Å². The van der Waals surface area contributed by atoms with Crippen molar-refractivity contribution in [3.05, 3.63) is 0 Å². The fourth-order valence-corrected chi connectivity index (χ4v) is 3.27. The van der Waals surface area contributed by atoms with Crippen LogP contribution in [-0.4, -0.2) is 11.0 Å². The van der Waals surface area contributed by atoms with Crippen LogP contribution in [0.2, 0.25) is 0 Å². The third-order valence-electron chi connectivity index (χ3n) is 4.09. The van der Waals surface area contributed by atoms with E-state index in [2.05, 4.69) is 19.6 Å². The van der Waals surface area contributed by atoms with Crippen LogP contribution in [0.4, 0.5) is 0 Å². The summed E-state index contributed by atoms with van der Waals surface area (Å²) >= 11 is 8.97. The second-order valence-electron chi connectivity index (χ2n) is 6.20. The normalized spacial score (nSPS) is 12.8. The van der Waals surface area contributed by atoms with Gasteiger partial charge < -0.3 is 0 Å². The molecule has 0 fully saturated rings. The Hall–Kier alpha value is 0.700. The van der Waals surface area contributed by atoms with Crippen molar-refractivity contribution < 1.29 is 0 Å². The molecular weight excluding hydrogens is 280 g/mol. The van der Waals surface area contributed by atoms with E-state index < -0.39 is 0 Å². The highest BCUT2D eigenvalue weighted by molar-refractivity contribution is 7.81. The van der Waals surface area contributed by atoms with Gasteiger partial charge in [-0.15, -0.1) is 0 Å². The quantitative estimate of drug-likeness (QED) is 0.220. The van der Waals surface area contributed by atoms with Crippen LogP contribution in [0.25, 0.3) is 0 Å². The van der Waals surface area contributed by atoms with Crippen LogP contribution < -0.4 is 0 Å². The Balaban J connectivity index is 3.09. The molecule has 1 unspecified atom stereocenters. The van der Waals surface area contributed by atoms with Crippen molar-refractivity contribution >= 4 is 25.3 Å². The number of hydrogen-bond donors (Lipinski definition) is 2. The number of thiol groups is 2. The molecule has 0 bridgehead atoms. The highest BCUT2D eigenvalue weighted by atomic mass is 32.1. The van der Waals surface area contributed by atoms with Crippen molar-refractivity contribution in [1.82, 2.24) is 0 Å². The molecule has 122 valence electrons. The topological polar surface area (TPSA) is 0 Å². The Morgan fingerprint density at radius 3 is 1.45 bits per heavy atom. The summed E-state index contributed by atoms with van der Waals surface area (Å²) in [7, 11) is 0. The Morgan fingerprint density at radius 2 is 1.00 bits per heavy atom. The van der Waals surface area contributed by atoms with Crippen LogP contribution >= 0.6 is 25.3 Å². The summed E-state index contributed by atoms with van der Waals surface area (Å²) in [6.45, 7) is 2.29. The summed E-state index contributed by atoms with van der Waals surface area (Å²) in [5.41, 5.74) is 0. The first kappa shape index (κ1) is 20.7. The maximum Gasteiger partial charge on any atom is 0.00168 e. The zero-order valence-corrected chi connectivity index (χ0v) is 15.6. The maximum atomic E-state index is 4.72. The third kappa shape index (κ3) is 16.8. The molecular formula is C18H38S2. The maximum absolute atomic E-state index is 4.72. The molecule has 0 aromatic rings. The van der Waals surface area contributed by atoms with Gasteiger partial charge in [0.05, 0.1) is 0 Å². The van der Waals surface area contributed by atoms with Crippen molar-refractivity contribution in [2.45, 2.75) is 108 Å². The van der Waals surface area contributed by atoms with Crippen LogP contribution in [0.15, 0.2) is 0 Å². The molecule has 0 aromatic heterocycles. The van der Waals surface area contributed by atoms with Crippen molar-refractivity contribution in [2.75, 3.05) is 5.75 Å². The van der Waals surface area contributed by atoms with Gasteiger partial charge in [-0.1, -0.05) is 84.0 Å². The summed E-state index contributed by atoms with van der Waals surface area (Å²) in [5, 5.41) is 0.649. The van der Waals surface area contributed by atoms with Crippen LogP contribution in [0, 0.1) is 0 Å². The van der Waals surface area contributed by atoms with Crippen molar-refractivity contribution in [3.8, 4) is 0 Å². The third-order valence-corrected chi connectivity index (χ3v) is 4.92. The summed E-state index contributed by atoms with van der Waals surface area (Å²) in [6.07, 6.45) is 20.8. The first-order valence-electron chi connectivity index (χ1n) is 9.10. The molecule has 0 aliphatic carbocycles. The van der Waals surface area contributed by atoms with E-state index in [1.807, 2.05) is 0 Å². The minimum Gasteiger partial charge on any atom is -0.179 e. The van der Waals surface area contributed by atoms with Crippen molar-refractivity contribution in [3.63, 3.8) is 0 Å². The average Bonchev–Trinajstić information content (AvgIpc) is 2.45. The zero-order valence-electron chi connectivity index (χ0n) is 13.8. The van der Waals surface area contributed by atoms with E-state index in [0.717, 1.165) is 5.75 Å². The SMILES string of the molecule is CCCCCCCCCCCC(S)CCCCCCS. The van der Waals surface area contributed by atoms with E-state index in [1.165, 1.54) is 96.3 Å². The lowest BCUT2D eigenvalue weighted by Crippen LogP contribution is -1.98. The van der Waals surface area contributed by atoms with Crippen LogP contribution in [0.1, 0.15) is 103 Å². The Kier molecular flexibility index (Phi) is 18.4. The summed E-state index contributed by atoms with van der Waals surface area (Å²) in [6, 6.07) is 0. The second-order valence-corrected chi connectivity index (χ2v) is 7.37. The Labute approximate surface area is 139 Å². The molecule has 0 spiro atoms.